The number of methoxy groups -OCH3 is 2. The quantitative estimate of drug-likeness (QED) is 0.311. The number of para-hydroxylation sites is 2. The number of rotatable bonds is 8. The molecule has 0 radical (unpaired) electrons. The van der Waals surface area contributed by atoms with E-state index in [1.54, 1.807) is 14.2 Å². The summed E-state index contributed by atoms with van der Waals surface area (Å²) in [5, 5.41) is 5.47. The molecule has 5 rings (SSSR count). The molecule has 0 aromatic heterocycles. The molecular formula is C31H33NO2P2. The second-order valence-corrected chi connectivity index (χ2v) is 13.9. The fourth-order valence-corrected chi connectivity index (χ4v) is 12.2. The summed E-state index contributed by atoms with van der Waals surface area (Å²) >= 11 is 0. The molecule has 0 unspecified atom stereocenters. The van der Waals surface area contributed by atoms with Crippen molar-refractivity contribution < 1.29 is 9.47 Å². The van der Waals surface area contributed by atoms with Crippen molar-refractivity contribution in [3.63, 3.8) is 0 Å². The van der Waals surface area contributed by atoms with Crippen molar-refractivity contribution in [1.29, 1.82) is 0 Å². The summed E-state index contributed by atoms with van der Waals surface area (Å²) in [6, 6.07) is 39.4. The molecule has 1 aliphatic heterocycles. The van der Waals surface area contributed by atoms with E-state index in [0.29, 0.717) is 11.3 Å². The molecule has 4 atom stereocenters. The number of ether oxygens (including phenoxy) is 2. The molecule has 0 N–H and O–H groups in total. The Morgan fingerprint density at radius 3 is 1.31 bits per heavy atom. The van der Waals surface area contributed by atoms with Crippen molar-refractivity contribution in [2.24, 2.45) is 0 Å². The van der Waals surface area contributed by atoms with Crippen molar-refractivity contribution in [2.75, 3.05) is 34.4 Å². The minimum atomic E-state index is -0.663. The van der Waals surface area contributed by atoms with Crippen LogP contribution in [0.4, 0.5) is 0 Å². The summed E-state index contributed by atoms with van der Waals surface area (Å²) in [6.45, 7) is 2.12. The van der Waals surface area contributed by atoms with Crippen LogP contribution in [0.2, 0.25) is 0 Å². The van der Waals surface area contributed by atoms with Crippen molar-refractivity contribution >= 4 is 37.1 Å². The van der Waals surface area contributed by atoms with Crippen molar-refractivity contribution in [3.8, 4) is 11.5 Å². The van der Waals surface area contributed by atoms with Gasteiger partial charge in [-0.2, -0.15) is 0 Å². The first kappa shape index (κ1) is 25.0. The summed E-state index contributed by atoms with van der Waals surface area (Å²) in [4.78, 5) is 2.52. The van der Waals surface area contributed by atoms with E-state index in [4.69, 9.17) is 9.47 Å². The summed E-state index contributed by atoms with van der Waals surface area (Å²) in [5.74, 6) is 1.98. The Bertz CT molecular complexity index is 1170. The standard InChI is InChI=1S/C31H33NO2P2/c1-32-22-30(35(24-14-6-4-7-15-24)28-20-12-10-18-26(28)33-2)31(23-32)36(25-16-8-5-9-17-25)29-21-13-11-19-27(29)34-3/h4-21,30-31H,22-23H2,1-3H3/t30-,31-,35-,36-/m1/s1. The largest absolute Gasteiger partial charge is 0.496 e. The Labute approximate surface area is 217 Å². The Kier molecular flexibility index (Phi) is 8.02. The Balaban J connectivity index is 1.69. The molecule has 0 amide bonds. The van der Waals surface area contributed by atoms with E-state index in [-0.39, 0.29) is 0 Å². The molecule has 0 aliphatic carbocycles. The SMILES string of the molecule is COc1ccccc1[P@@](c1ccccc1)[C@@H]1CN(C)C[C@H]1[P@](c1ccccc1)c1ccccc1OC. The Hall–Kier alpha value is -2.70. The van der Waals surface area contributed by atoms with Gasteiger partial charge in [-0.1, -0.05) is 97.1 Å². The monoisotopic (exact) mass is 513 g/mol. The average molecular weight is 514 g/mol. The van der Waals surface area contributed by atoms with E-state index in [2.05, 4.69) is 121 Å². The maximum absolute atomic E-state index is 5.92. The number of hydrogen-bond donors (Lipinski definition) is 0. The summed E-state index contributed by atoms with van der Waals surface area (Å²) in [6.07, 6.45) is 0. The van der Waals surface area contributed by atoms with Crippen LogP contribution in [-0.4, -0.2) is 50.6 Å². The van der Waals surface area contributed by atoms with Crippen LogP contribution in [0, 0.1) is 0 Å². The highest BCUT2D eigenvalue weighted by Gasteiger charge is 2.44. The summed E-state index contributed by atoms with van der Waals surface area (Å²) in [5.41, 5.74) is 0.944. The third kappa shape index (κ3) is 5.07. The van der Waals surface area contributed by atoms with Crippen molar-refractivity contribution in [3.05, 3.63) is 109 Å². The van der Waals surface area contributed by atoms with Gasteiger partial charge in [0.2, 0.25) is 0 Å². The lowest BCUT2D eigenvalue weighted by molar-refractivity contribution is 0.417. The minimum absolute atomic E-state index is 0.472. The molecule has 0 spiro atoms. The van der Waals surface area contributed by atoms with E-state index in [1.165, 1.54) is 21.2 Å². The summed E-state index contributed by atoms with van der Waals surface area (Å²) in [7, 11) is 4.53. The van der Waals surface area contributed by atoms with Crippen LogP contribution in [0.25, 0.3) is 0 Å². The molecule has 4 aromatic carbocycles. The predicted octanol–water partition coefficient (Wildman–Crippen LogP) is 4.95. The van der Waals surface area contributed by atoms with Gasteiger partial charge in [-0.15, -0.1) is 0 Å². The number of likely N-dealkylation sites (tertiary alicyclic amines) is 1. The van der Waals surface area contributed by atoms with Gasteiger partial charge in [-0.25, -0.2) is 0 Å². The van der Waals surface area contributed by atoms with E-state index in [9.17, 15) is 0 Å². The van der Waals surface area contributed by atoms with Gasteiger partial charge in [0.25, 0.3) is 0 Å². The van der Waals surface area contributed by atoms with Gasteiger partial charge in [-0.05, 0) is 45.6 Å². The maximum atomic E-state index is 5.92. The molecule has 5 heteroatoms. The highest BCUT2D eigenvalue weighted by atomic mass is 31.1. The third-order valence-electron chi connectivity index (χ3n) is 6.86. The van der Waals surface area contributed by atoms with E-state index in [0.717, 1.165) is 24.6 Å². The molecule has 1 fully saturated rings. The lowest BCUT2D eigenvalue weighted by Gasteiger charge is -2.35. The highest BCUT2D eigenvalue weighted by molar-refractivity contribution is 7.77. The minimum Gasteiger partial charge on any atom is -0.496 e. The van der Waals surface area contributed by atoms with E-state index in [1.807, 2.05) is 0 Å². The first-order valence-electron chi connectivity index (χ1n) is 12.3. The van der Waals surface area contributed by atoms with Gasteiger partial charge in [0, 0.05) is 35.0 Å². The topological polar surface area (TPSA) is 21.7 Å². The normalized spacial score (nSPS) is 19.5. The van der Waals surface area contributed by atoms with E-state index < -0.39 is 15.8 Å². The molecule has 4 aromatic rings. The van der Waals surface area contributed by atoms with Crippen LogP contribution in [0.15, 0.2) is 109 Å². The lowest BCUT2D eigenvalue weighted by Crippen LogP contribution is -2.34. The number of benzene rings is 4. The fraction of sp³-hybridized carbons (Fsp3) is 0.226. The lowest BCUT2D eigenvalue weighted by atomic mass is 10.3. The Morgan fingerprint density at radius 2 is 0.917 bits per heavy atom. The smallest absolute Gasteiger partial charge is 0.126 e. The van der Waals surface area contributed by atoms with Crippen LogP contribution in [0.5, 0.6) is 11.5 Å². The molecule has 1 heterocycles. The number of hydrogen-bond acceptors (Lipinski definition) is 3. The summed E-state index contributed by atoms with van der Waals surface area (Å²) < 4.78 is 11.8. The predicted molar refractivity (Wildman–Crippen MR) is 156 cm³/mol. The van der Waals surface area contributed by atoms with Crippen LogP contribution in [0.3, 0.4) is 0 Å². The molecular weight excluding hydrogens is 480 g/mol. The van der Waals surface area contributed by atoms with Crippen LogP contribution in [-0.2, 0) is 0 Å². The number of nitrogens with zero attached hydrogens (tertiary/aromatic N) is 1. The highest BCUT2D eigenvalue weighted by Crippen LogP contribution is 2.55. The van der Waals surface area contributed by atoms with Gasteiger partial charge in [-0.3, -0.25) is 0 Å². The molecule has 36 heavy (non-hydrogen) atoms. The molecule has 1 saturated heterocycles. The van der Waals surface area contributed by atoms with Gasteiger partial charge in [0.1, 0.15) is 11.5 Å². The van der Waals surface area contributed by atoms with Crippen LogP contribution >= 0.6 is 15.8 Å². The van der Waals surface area contributed by atoms with Crippen molar-refractivity contribution in [2.45, 2.75) is 11.3 Å². The molecule has 184 valence electrons. The maximum Gasteiger partial charge on any atom is 0.126 e. The Morgan fingerprint density at radius 1 is 0.556 bits per heavy atom. The van der Waals surface area contributed by atoms with Gasteiger partial charge in [0.05, 0.1) is 14.2 Å². The second kappa shape index (κ2) is 11.6. The third-order valence-corrected chi connectivity index (χ3v) is 13.0. The van der Waals surface area contributed by atoms with Gasteiger partial charge >= 0.3 is 0 Å². The van der Waals surface area contributed by atoms with E-state index >= 15 is 0 Å². The molecule has 0 bridgehead atoms. The van der Waals surface area contributed by atoms with Crippen LogP contribution < -0.4 is 30.7 Å². The van der Waals surface area contributed by atoms with Gasteiger partial charge in [0.15, 0.2) is 0 Å². The molecule has 0 saturated carbocycles. The second-order valence-electron chi connectivity index (χ2n) is 9.11. The van der Waals surface area contributed by atoms with Gasteiger partial charge < -0.3 is 14.4 Å². The van der Waals surface area contributed by atoms with Crippen LogP contribution in [0.1, 0.15) is 0 Å². The zero-order chi connectivity index (χ0) is 24.9. The molecule has 3 nitrogen and oxygen atoms in total. The average Bonchev–Trinajstić information content (AvgIpc) is 3.31. The van der Waals surface area contributed by atoms with Crippen molar-refractivity contribution in [1.82, 2.24) is 4.90 Å². The molecule has 1 aliphatic rings. The first-order chi connectivity index (χ1) is 17.7. The zero-order valence-electron chi connectivity index (χ0n) is 21.1. The fourth-order valence-electron chi connectivity index (χ4n) is 5.32. The first-order valence-corrected chi connectivity index (χ1v) is 15.2. The zero-order valence-corrected chi connectivity index (χ0v) is 22.9.